The van der Waals surface area contributed by atoms with Crippen LogP contribution in [-0.2, 0) is 16.0 Å². The molecule has 0 spiro atoms. The second-order valence-corrected chi connectivity index (χ2v) is 4.02. The van der Waals surface area contributed by atoms with Crippen LogP contribution in [-0.4, -0.2) is 17.6 Å². The number of ether oxygens (including phenoxy) is 1. The molecular formula is C10H15NO2S. The topological polar surface area (TPSA) is 39.2 Å². The van der Waals surface area contributed by atoms with Gasteiger partial charge in [-0.25, -0.2) is 4.98 Å². The Labute approximate surface area is 88.1 Å². The van der Waals surface area contributed by atoms with Gasteiger partial charge in [0.25, 0.3) is 0 Å². The molecule has 0 aromatic carbocycles. The molecule has 14 heavy (non-hydrogen) atoms. The summed E-state index contributed by atoms with van der Waals surface area (Å²) in [6.07, 6.45) is 2.09. The lowest BCUT2D eigenvalue weighted by Gasteiger charge is -2.01. The molecule has 0 saturated carbocycles. The van der Waals surface area contributed by atoms with E-state index in [1.54, 1.807) is 11.3 Å². The Morgan fingerprint density at radius 2 is 2.43 bits per heavy atom. The quantitative estimate of drug-likeness (QED) is 0.705. The Balaban J connectivity index is 2.27. The molecule has 4 heteroatoms. The van der Waals surface area contributed by atoms with Crippen LogP contribution in [0.4, 0.5) is 0 Å². The van der Waals surface area contributed by atoms with Crippen molar-refractivity contribution < 1.29 is 9.53 Å². The first-order valence-electron chi connectivity index (χ1n) is 4.78. The summed E-state index contributed by atoms with van der Waals surface area (Å²) >= 11 is 1.60. The van der Waals surface area contributed by atoms with Gasteiger partial charge in [-0.05, 0) is 19.8 Å². The summed E-state index contributed by atoms with van der Waals surface area (Å²) in [5.74, 6) is -0.111. The molecule has 1 rings (SSSR count). The van der Waals surface area contributed by atoms with E-state index in [2.05, 4.69) is 4.98 Å². The van der Waals surface area contributed by atoms with Gasteiger partial charge in [0.05, 0.1) is 24.2 Å². The van der Waals surface area contributed by atoms with Crippen molar-refractivity contribution in [1.82, 2.24) is 4.98 Å². The molecule has 1 aromatic rings. The highest BCUT2D eigenvalue weighted by Crippen LogP contribution is 2.14. The fourth-order valence-electron chi connectivity index (χ4n) is 1.07. The fourth-order valence-corrected chi connectivity index (χ4v) is 1.85. The average Bonchev–Trinajstić information content (AvgIpc) is 2.58. The highest BCUT2D eigenvalue weighted by atomic mass is 32.1. The Morgan fingerprint density at radius 1 is 1.64 bits per heavy atom. The number of thiazole rings is 1. The molecule has 0 fully saturated rings. The third-order valence-electron chi connectivity index (χ3n) is 1.87. The first-order chi connectivity index (χ1) is 6.74. The number of carbonyl (C=O) groups excluding carboxylic acids is 1. The molecule has 0 aliphatic heterocycles. The number of rotatable bonds is 5. The second-order valence-electron chi connectivity index (χ2n) is 3.08. The monoisotopic (exact) mass is 213 g/mol. The van der Waals surface area contributed by atoms with E-state index in [0.29, 0.717) is 13.0 Å². The van der Waals surface area contributed by atoms with Gasteiger partial charge in [-0.2, -0.15) is 0 Å². The minimum Gasteiger partial charge on any atom is -0.466 e. The van der Waals surface area contributed by atoms with Crippen molar-refractivity contribution in [2.75, 3.05) is 6.61 Å². The standard InChI is InChI=1S/C10H15NO2S/c1-3-6-13-10(12)5-4-9-8(2)11-7-14-9/h7H,3-6H2,1-2H3. The van der Waals surface area contributed by atoms with Gasteiger partial charge in [0.15, 0.2) is 0 Å². The van der Waals surface area contributed by atoms with Crippen molar-refractivity contribution in [2.45, 2.75) is 33.1 Å². The van der Waals surface area contributed by atoms with Crippen LogP contribution in [0.3, 0.4) is 0 Å². The molecule has 0 amide bonds. The summed E-state index contributed by atoms with van der Waals surface area (Å²) in [6, 6.07) is 0. The molecule has 0 N–H and O–H groups in total. The molecule has 0 radical (unpaired) electrons. The van der Waals surface area contributed by atoms with Crippen molar-refractivity contribution in [2.24, 2.45) is 0 Å². The zero-order chi connectivity index (χ0) is 10.4. The number of hydrogen-bond acceptors (Lipinski definition) is 4. The lowest BCUT2D eigenvalue weighted by Crippen LogP contribution is -2.06. The maximum Gasteiger partial charge on any atom is 0.306 e. The molecule has 0 saturated heterocycles. The van der Waals surface area contributed by atoms with Crippen molar-refractivity contribution in [3.63, 3.8) is 0 Å². The minimum absolute atomic E-state index is 0.111. The normalized spacial score (nSPS) is 10.1. The zero-order valence-corrected chi connectivity index (χ0v) is 9.39. The van der Waals surface area contributed by atoms with E-state index in [-0.39, 0.29) is 5.97 Å². The van der Waals surface area contributed by atoms with Crippen LogP contribution < -0.4 is 0 Å². The molecule has 1 heterocycles. The smallest absolute Gasteiger partial charge is 0.306 e. The maximum absolute atomic E-state index is 11.2. The van der Waals surface area contributed by atoms with Gasteiger partial charge in [0.2, 0.25) is 0 Å². The molecule has 0 bridgehead atoms. The summed E-state index contributed by atoms with van der Waals surface area (Å²) in [5, 5.41) is 0. The lowest BCUT2D eigenvalue weighted by atomic mass is 10.2. The van der Waals surface area contributed by atoms with Gasteiger partial charge in [0.1, 0.15) is 0 Å². The summed E-state index contributed by atoms with van der Waals surface area (Å²) in [5.41, 5.74) is 2.83. The van der Waals surface area contributed by atoms with Gasteiger partial charge >= 0.3 is 5.97 Å². The summed E-state index contributed by atoms with van der Waals surface area (Å²) in [7, 11) is 0. The van der Waals surface area contributed by atoms with Crippen LogP contribution in [0, 0.1) is 6.92 Å². The molecule has 0 unspecified atom stereocenters. The van der Waals surface area contributed by atoms with Crippen molar-refractivity contribution in [3.8, 4) is 0 Å². The van der Waals surface area contributed by atoms with Crippen LogP contribution in [0.15, 0.2) is 5.51 Å². The van der Waals surface area contributed by atoms with Gasteiger partial charge in [0, 0.05) is 4.88 Å². The molecule has 0 aliphatic rings. The average molecular weight is 213 g/mol. The molecule has 1 aromatic heterocycles. The number of hydrogen-bond donors (Lipinski definition) is 0. The first-order valence-corrected chi connectivity index (χ1v) is 5.66. The van der Waals surface area contributed by atoms with Crippen LogP contribution in [0.25, 0.3) is 0 Å². The van der Waals surface area contributed by atoms with E-state index in [4.69, 9.17) is 4.74 Å². The lowest BCUT2D eigenvalue weighted by molar-refractivity contribution is -0.143. The van der Waals surface area contributed by atoms with Gasteiger partial charge < -0.3 is 4.74 Å². The zero-order valence-electron chi connectivity index (χ0n) is 8.58. The Morgan fingerprint density at radius 3 is 3.00 bits per heavy atom. The third kappa shape index (κ3) is 3.46. The van der Waals surface area contributed by atoms with Gasteiger partial charge in [-0.1, -0.05) is 6.92 Å². The van der Waals surface area contributed by atoms with E-state index in [1.807, 2.05) is 19.4 Å². The van der Waals surface area contributed by atoms with Gasteiger partial charge in [-0.15, -0.1) is 11.3 Å². The highest BCUT2D eigenvalue weighted by Gasteiger charge is 2.06. The van der Waals surface area contributed by atoms with E-state index in [1.165, 1.54) is 4.88 Å². The van der Waals surface area contributed by atoms with Crippen LogP contribution in [0.5, 0.6) is 0 Å². The minimum atomic E-state index is -0.111. The Kier molecular flexibility index (Phi) is 4.59. The van der Waals surface area contributed by atoms with Crippen molar-refractivity contribution >= 4 is 17.3 Å². The van der Waals surface area contributed by atoms with Crippen molar-refractivity contribution in [3.05, 3.63) is 16.1 Å². The van der Waals surface area contributed by atoms with Gasteiger partial charge in [-0.3, -0.25) is 4.79 Å². The first kappa shape index (κ1) is 11.2. The highest BCUT2D eigenvalue weighted by molar-refractivity contribution is 7.09. The predicted molar refractivity (Wildman–Crippen MR) is 56.4 cm³/mol. The SMILES string of the molecule is CCCOC(=O)CCc1scnc1C. The van der Waals surface area contributed by atoms with Crippen LogP contribution >= 0.6 is 11.3 Å². The largest absolute Gasteiger partial charge is 0.466 e. The number of aryl methyl sites for hydroxylation is 2. The summed E-state index contributed by atoms with van der Waals surface area (Å²) in [6.45, 7) is 4.48. The number of nitrogens with zero attached hydrogens (tertiary/aromatic N) is 1. The van der Waals surface area contributed by atoms with E-state index in [9.17, 15) is 4.79 Å². The summed E-state index contributed by atoms with van der Waals surface area (Å²) < 4.78 is 4.97. The molecule has 0 aliphatic carbocycles. The van der Waals surface area contributed by atoms with Crippen LogP contribution in [0.2, 0.25) is 0 Å². The fraction of sp³-hybridized carbons (Fsp3) is 0.600. The molecule has 78 valence electrons. The summed E-state index contributed by atoms with van der Waals surface area (Å²) in [4.78, 5) is 16.5. The van der Waals surface area contributed by atoms with E-state index < -0.39 is 0 Å². The Bertz CT molecular complexity index is 296. The molecule has 0 atom stereocenters. The number of aromatic nitrogens is 1. The molecular weight excluding hydrogens is 198 g/mol. The molecule has 3 nitrogen and oxygen atoms in total. The predicted octanol–water partition coefficient (Wildman–Crippen LogP) is 2.34. The van der Waals surface area contributed by atoms with Crippen LogP contribution in [0.1, 0.15) is 30.3 Å². The number of esters is 1. The maximum atomic E-state index is 11.2. The van der Waals surface area contributed by atoms with E-state index in [0.717, 1.165) is 18.5 Å². The van der Waals surface area contributed by atoms with E-state index >= 15 is 0 Å². The second kappa shape index (κ2) is 5.75. The number of carbonyl (C=O) groups is 1. The van der Waals surface area contributed by atoms with Crippen molar-refractivity contribution in [1.29, 1.82) is 0 Å². The Hall–Kier alpha value is -0.900. The third-order valence-corrected chi connectivity index (χ3v) is 2.86.